The van der Waals surface area contributed by atoms with E-state index >= 15 is 0 Å². The van der Waals surface area contributed by atoms with Crippen molar-refractivity contribution in [2.75, 3.05) is 31.1 Å². The Hall–Kier alpha value is -3.87. The van der Waals surface area contributed by atoms with Gasteiger partial charge < -0.3 is 4.90 Å². The number of pyridine rings is 1. The predicted octanol–water partition coefficient (Wildman–Crippen LogP) is 3.07. The number of fused-ring (bicyclic) bond motifs is 1. The zero-order chi connectivity index (χ0) is 22.8. The third kappa shape index (κ3) is 4.02. The Bertz CT molecular complexity index is 1440. The van der Waals surface area contributed by atoms with Crippen LogP contribution in [0.5, 0.6) is 0 Å². The molecule has 1 saturated heterocycles. The number of benzene rings is 2. The lowest BCUT2D eigenvalue weighted by Crippen LogP contribution is -2.49. The summed E-state index contributed by atoms with van der Waals surface area (Å²) in [5.74, 6) is 1.40. The summed E-state index contributed by atoms with van der Waals surface area (Å²) in [5.41, 5.74) is 2.14. The fourth-order valence-electron chi connectivity index (χ4n) is 3.92. The summed E-state index contributed by atoms with van der Waals surface area (Å²) in [6.45, 7) is 1.69. The molecule has 0 amide bonds. The molecule has 4 aromatic rings. The van der Waals surface area contributed by atoms with E-state index in [-0.39, 0.29) is 4.90 Å². The minimum atomic E-state index is -3.63. The molecule has 5 rings (SSSR count). The van der Waals surface area contributed by atoms with E-state index in [0.717, 1.165) is 22.3 Å². The fraction of sp³-hybridized carbons (Fsp3) is 0.167. The Morgan fingerprint density at radius 2 is 1.55 bits per heavy atom. The summed E-state index contributed by atoms with van der Waals surface area (Å²) in [6, 6.07) is 19.6. The first-order valence-corrected chi connectivity index (χ1v) is 11.9. The van der Waals surface area contributed by atoms with Gasteiger partial charge in [0.25, 0.3) is 0 Å². The molecule has 3 heterocycles. The summed E-state index contributed by atoms with van der Waals surface area (Å²) < 4.78 is 27.6. The Labute approximate surface area is 191 Å². The highest BCUT2D eigenvalue weighted by Crippen LogP contribution is 2.29. The first kappa shape index (κ1) is 21.0. The zero-order valence-electron chi connectivity index (χ0n) is 17.7. The second-order valence-electron chi connectivity index (χ2n) is 7.65. The lowest BCUT2D eigenvalue weighted by atomic mass is 10.2. The predicted molar refractivity (Wildman–Crippen MR) is 125 cm³/mol. The highest BCUT2D eigenvalue weighted by Gasteiger charge is 2.29. The van der Waals surface area contributed by atoms with Gasteiger partial charge in [0.2, 0.25) is 10.0 Å². The van der Waals surface area contributed by atoms with Crippen LogP contribution in [0.2, 0.25) is 0 Å². The van der Waals surface area contributed by atoms with Crippen LogP contribution in [0.4, 0.5) is 5.82 Å². The summed E-state index contributed by atoms with van der Waals surface area (Å²) in [7, 11) is -3.63. The van der Waals surface area contributed by atoms with Gasteiger partial charge in [-0.3, -0.25) is 4.98 Å². The average molecular weight is 457 g/mol. The normalized spacial score (nSPS) is 14.8. The molecule has 33 heavy (non-hydrogen) atoms. The van der Waals surface area contributed by atoms with Crippen molar-refractivity contribution in [1.29, 1.82) is 5.26 Å². The van der Waals surface area contributed by atoms with E-state index in [1.807, 2.05) is 42.5 Å². The molecule has 1 aliphatic rings. The van der Waals surface area contributed by atoms with E-state index in [9.17, 15) is 8.42 Å². The van der Waals surface area contributed by atoms with E-state index in [0.29, 0.717) is 37.6 Å². The lowest BCUT2D eigenvalue weighted by Gasteiger charge is -2.35. The maximum absolute atomic E-state index is 13.1. The smallest absolute Gasteiger partial charge is 0.243 e. The van der Waals surface area contributed by atoms with Crippen LogP contribution in [0.3, 0.4) is 0 Å². The van der Waals surface area contributed by atoms with Crippen molar-refractivity contribution < 1.29 is 8.42 Å². The van der Waals surface area contributed by atoms with Crippen molar-refractivity contribution >= 4 is 26.7 Å². The minimum absolute atomic E-state index is 0.197. The third-order valence-corrected chi connectivity index (χ3v) is 7.59. The molecule has 1 fully saturated rings. The van der Waals surface area contributed by atoms with Gasteiger partial charge in [0, 0.05) is 49.5 Å². The number of hydrogen-bond donors (Lipinski definition) is 0. The standard InChI is InChI=1S/C24H20N6O2S/c25-17-18-5-7-20(8-6-18)33(31,32)30-15-13-29(14-16-30)24-21-3-1-2-4-22(21)27-23(28-24)19-9-11-26-12-10-19/h1-12H,13-16H2. The maximum atomic E-state index is 13.1. The fourth-order valence-corrected chi connectivity index (χ4v) is 5.34. The van der Waals surface area contributed by atoms with Gasteiger partial charge in [-0.15, -0.1) is 0 Å². The van der Waals surface area contributed by atoms with E-state index < -0.39 is 10.0 Å². The second-order valence-corrected chi connectivity index (χ2v) is 9.59. The number of hydrogen-bond acceptors (Lipinski definition) is 7. The van der Waals surface area contributed by atoms with Gasteiger partial charge >= 0.3 is 0 Å². The molecule has 2 aromatic carbocycles. The molecular formula is C24H20N6O2S. The summed E-state index contributed by atoms with van der Waals surface area (Å²) in [4.78, 5) is 15.9. The van der Waals surface area contributed by atoms with E-state index in [4.69, 9.17) is 15.2 Å². The van der Waals surface area contributed by atoms with Crippen LogP contribution >= 0.6 is 0 Å². The topological polar surface area (TPSA) is 103 Å². The number of nitrogens with zero attached hydrogens (tertiary/aromatic N) is 6. The molecule has 0 unspecified atom stereocenters. The van der Waals surface area contributed by atoms with Crippen LogP contribution in [0.15, 0.2) is 78.0 Å². The maximum Gasteiger partial charge on any atom is 0.243 e. The van der Waals surface area contributed by atoms with Gasteiger partial charge in [0.15, 0.2) is 5.82 Å². The molecule has 0 radical (unpaired) electrons. The molecule has 164 valence electrons. The lowest BCUT2D eigenvalue weighted by molar-refractivity contribution is 0.384. The number of sulfonamides is 1. The van der Waals surface area contributed by atoms with Gasteiger partial charge in [-0.05, 0) is 48.5 Å². The molecule has 0 aliphatic carbocycles. The van der Waals surface area contributed by atoms with Crippen LogP contribution in [-0.2, 0) is 10.0 Å². The monoisotopic (exact) mass is 456 g/mol. The molecular weight excluding hydrogens is 436 g/mol. The SMILES string of the molecule is N#Cc1ccc(S(=O)(=O)N2CCN(c3nc(-c4ccncc4)nc4ccccc34)CC2)cc1. The Morgan fingerprint density at radius 3 is 2.24 bits per heavy atom. The van der Waals surface area contributed by atoms with E-state index in [1.165, 1.54) is 28.6 Å². The molecule has 0 saturated carbocycles. The number of nitriles is 1. The molecule has 1 aliphatic heterocycles. The van der Waals surface area contributed by atoms with Gasteiger partial charge in [0.1, 0.15) is 5.82 Å². The minimum Gasteiger partial charge on any atom is -0.353 e. The van der Waals surface area contributed by atoms with Crippen molar-refractivity contribution in [2.24, 2.45) is 0 Å². The first-order chi connectivity index (χ1) is 16.1. The highest BCUT2D eigenvalue weighted by atomic mass is 32.2. The van der Waals surface area contributed by atoms with Crippen LogP contribution in [0.1, 0.15) is 5.56 Å². The zero-order valence-corrected chi connectivity index (χ0v) is 18.5. The molecule has 0 spiro atoms. The number of aromatic nitrogens is 3. The Kier molecular flexibility index (Phi) is 5.46. The van der Waals surface area contributed by atoms with Crippen LogP contribution < -0.4 is 4.90 Å². The van der Waals surface area contributed by atoms with E-state index in [1.54, 1.807) is 12.4 Å². The van der Waals surface area contributed by atoms with Gasteiger partial charge in [0.05, 0.1) is 22.0 Å². The molecule has 2 aromatic heterocycles. The molecule has 9 heteroatoms. The summed E-state index contributed by atoms with van der Waals surface area (Å²) in [6.07, 6.45) is 3.42. The molecule has 0 N–H and O–H groups in total. The largest absolute Gasteiger partial charge is 0.353 e. The van der Waals surface area contributed by atoms with Crippen LogP contribution in [-0.4, -0.2) is 53.9 Å². The number of para-hydroxylation sites is 1. The summed E-state index contributed by atoms with van der Waals surface area (Å²) >= 11 is 0. The van der Waals surface area contributed by atoms with Crippen molar-refractivity contribution in [3.8, 4) is 17.5 Å². The van der Waals surface area contributed by atoms with E-state index in [2.05, 4.69) is 9.88 Å². The van der Waals surface area contributed by atoms with Crippen molar-refractivity contribution in [1.82, 2.24) is 19.3 Å². The second kappa shape index (κ2) is 8.58. The number of anilines is 1. The van der Waals surface area contributed by atoms with Crippen molar-refractivity contribution in [3.05, 3.63) is 78.6 Å². The van der Waals surface area contributed by atoms with Crippen molar-refractivity contribution in [2.45, 2.75) is 4.90 Å². The molecule has 0 atom stereocenters. The quantitative estimate of drug-likeness (QED) is 0.465. The third-order valence-electron chi connectivity index (χ3n) is 5.68. The van der Waals surface area contributed by atoms with Crippen LogP contribution in [0, 0.1) is 11.3 Å². The van der Waals surface area contributed by atoms with Gasteiger partial charge in [-0.2, -0.15) is 9.57 Å². The highest BCUT2D eigenvalue weighted by molar-refractivity contribution is 7.89. The van der Waals surface area contributed by atoms with Gasteiger partial charge in [-0.1, -0.05) is 12.1 Å². The van der Waals surface area contributed by atoms with Crippen molar-refractivity contribution in [3.63, 3.8) is 0 Å². The molecule has 8 nitrogen and oxygen atoms in total. The van der Waals surface area contributed by atoms with Crippen LogP contribution in [0.25, 0.3) is 22.3 Å². The number of rotatable bonds is 4. The summed E-state index contributed by atoms with van der Waals surface area (Å²) in [5, 5.41) is 9.89. The average Bonchev–Trinajstić information content (AvgIpc) is 2.88. The number of piperazine rings is 1. The Balaban J connectivity index is 1.43. The Morgan fingerprint density at radius 1 is 0.848 bits per heavy atom. The van der Waals surface area contributed by atoms with Gasteiger partial charge in [-0.25, -0.2) is 18.4 Å². The molecule has 0 bridgehead atoms. The first-order valence-electron chi connectivity index (χ1n) is 10.5.